The van der Waals surface area contributed by atoms with Crippen molar-refractivity contribution < 1.29 is 13.2 Å². The van der Waals surface area contributed by atoms with Crippen molar-refractivity contribution in [3.63, 3.8) is 0 Å². The number of nitrogens with two attached hydrogens (primary N) is 1. The van der Waals surface area contributed by atoms with Gasteiger partial charge in [0.2, 0.25) is 10.0 Å². The summed E-state index contributed by atoms with van der Waals surface area (Å²) in [6, 6.07) is 5.79. The quantitative estimate of drug-likeness (QED) is 0.319. The van der Waals surface area contributed by atoms with E-state index in [1.807, 2.05) is 5.43 Å². The van der Waals surface area contributed by atoms with Crippen LogP contribution in [0.2, 0.25) is 0 Å². The van der Waals surface area contributed by atoms with Crippen molar-refractivity contribution in [2.45, 2.75) is 37.0 Å². The van der Waals surface area contributed by atoms with E-state index in [2.05, 4.69) is 10.8 Å². The summed E-state index contributed by atoms with van der Waals surface area (Å²) < 4.78 is 27.1. The van der Waals surface area contributed by atoms with Gasteiger partial charge in [0.05, 0.1) is 4.90 Å². The van der Waals surface area contributed by atoms with Crippen LogP contribution in [0, 0.1) is 0 Å². The van der Waals surface area contributed by atoms with Crippen LogP contribution < -0.4 is 16.0 Å². The van der Waals surface area contributed by atoms with Crippen molar-refractivity contribution >= 4 is 15.9 Å². The molecule has 120 valence electrons. The minimum atomic E-state index is -3.62. The van der Waals surface area contributed by atoms with E-state index in [1.165, 1.54) is 42.7 Å². The van der Waals surface area contributed by atoms with Gasteiger partial charge in [0.15, 0.2) is 0 Å². The van der Waals surface area contributed by atoms with Crippen molar-refractivity contribution in [3.8, 4) is 0 Å². The molecule has 0 atom stereocenters. The summed E-state index contributed by atoms with van der Waals surface area (Å²) >= 11 is 0. The Bertz CT molecular complexity index is 668. The summed E-state index contributed by atoms with van der Waals surface area (Å²) in [4.78, 5) is 11.5. The van der Waals surface area contributed by atoms with E-state index < -0.39 is 15.9 Å². The van der Waals surface area contributed by atoms with E-state index in [0.29, 0.717) is 6.54 Å². The van der Waals surface area contributed by atoms with Crippen molar-refractivity contribution in [2.24, 2.45) is 5.84 Å². The predicted octanol–water partition coefficient (Wildman–Crippen LogP) is 1.46. The number of nitrogen functional groups attached to an aromatic ring is 1. The standard InChI is InChI=1S/C15H21N3O3S/c16-18-15(19)13-7-4-8-14(11-13)22(20,21)17-10-9-12-5-2-1-3-6-12/h4-5,7-8,11,17H,1-3,6,9-10,16H2,(H,18,19). The molecule has 0 fully saturated rings. The molecule has 0 spiro atoms. The van der Waals surface area contributed by atoms with Crippen molar-refractivity contribution in [1.82, 2.24) is 10.1 Å². The Labute approximate surface area is 130 Å². The van der Waals surface area contributed by atoms with E-state index in [9.17, 15) is 13.2 Å². The van der Waals surface area contributed by atoms with Gasteiger partial charge in [-0.15, -0.1) is 0 Å². The van der Waals surface area contributed by atoms with Gasteiger partial charge in [0, 0.05) is 12.1 Å². The highest BCUT2D eigenvalue weighted by Gasteiger charge is 2.16. The van der Waals surface area contributed by atoms with Gasteiger partial charge in [-0.3, -0.25) is 10.2 Å². The molecule has 1 aromatic carbocycles. The van der Waals surface area contributed by atoms with E-state index in [-0.39, 0.29) is 10.5 Å². The van der Waals surface area contributed by atoms with Gasteiger partial charge in [-0.05, 0) is 50.3 Å². The fraction of sp³-hybridized carbons (Fsp3) is 0.400. The fourth-order valence-corrected chi connectivity index (χ4v) is 3.53. The molecule has 0 heterocycles. The zero-order chi connectivity index (χ0) is 16.0. The number of benzene rings is 1. The Morgan fingerprint density at radius 2 is 2.09 bits per heavy atom. The molecule has 0 aliphatic heterocycles. The predicted molar refractivity (Wildman–Crippen MR) is 84.5 cm³/mol. The summed E-state index contributed by atoms with van der Waals surface area (Å²) in [6.45, 7) is 0.363. The smallest absolute Gasteiger partial charge is 0.265 e. The lowest BCUT2D eigenvalue weighted by Crippen LogP contribution is -2.30. The molecule has 1 aliphatic carbocycles. The van der Waals surface area contributed by atoms with Crippen LogP contribution in [0.4, 0.5) is 0 Å². The van der Waals surface area contributed by atoms with Crippen molar-refractivity contribution in [2.75, 3.05) is 6.54 Å². The fourth-order valence-electron chi connectivity index (χ4n) is 2.45. The highest BCUT2D eigenvalue weighted by atomic mass is 32.2. The highest BCUT2D eigenvalue weighted by molar-refractivity contribution is 7.89. The molecule has 0 saturated carbocycles. The van der Waals surface area contributed by atoms with Crippen molar-refractivity contribution in [1.29, 1.82) is 0 Å². The maximum absolute atomic E-state index is 12.2. The second-order valence-corrected chi connectivity index (χ2v) is 7.02. The lowest BCUT2D eigenvalue weighted by atomic mass is 9.97. The first-order valence-corrected chi connectivity index (χ1v) is 8.80. The zero-order valence-electron chi connectivity index (χ0n) is 12.3. The lowest BCUT2D eigenvalue weighted by molar-refractivity contribution is 0.0953. The molecular weight excluding hydrogens is 302 g/mol. The zero-order valence-corrected chi connectivity index (χ0v) is 13.2. The van der Waals surface area contributed by atoms with E-state index in [1.54, 1.807) is 0 Å². The van der Waals surface area contributed by atoms with E-state index >= 15 is 0 Å². The van der Waals surface area contributed by atoms with Crippen molar-refractivity contribution in [3.05, 3.63) is 41.5 Å². The van der Waals surface area contributed by atoms with Crippen LogP contribution in [0.1, 0.15) is 42.5 Å². The third kappa shape index (κ3) is 4.40. The molecule has 1 aliphatic rings. The number of sulfonamides is 1. The molecule has 1 amide bonds. The molecule has 7 heteroatoms. The Morgan fingerprint density at radius 1 is 1.27 bits per heavy atom. The van der Waals surface area contributed by atoms with Crippen LogP contribution >= 0.6 is 0 Å². The normalized spacial score (nSPS) is 15.2. The molecular formula is C15H21N3O3S. The first-order chi connectivity index (χ1) is 10.5. The summed E-state index contributed by atoms with van der Waals surface area (Å²) in [6.07, 6.45) is 7.44. The van der Waals surface area contributed by atoms with Gasteiger partial charge in [0.1, 0.15) is 0 Å². The number of carbonyl (C=O) groups is 1. The monoisotopic (exact) mass is 323 g/mol. The Hall–Kier alpha value is -1.70. The number of hydrogen-bond acceptors (Lipinski definition) is 4. The van der Waals surface area contributed by atoms with Crippen LogP contribution in [0.5, 0.6) is 0 Å². The van der Waals surface area contributed by atoms with E-state index in [0.717, 1.165) is 19.3 Å². The molecule has 0 radical (unpaired) electrons. The third-order valence-corrected chi connectivity index (χ3v) is 5.12. The van der Waals surface area contributed by atoms with Gasteiger partial charge in [0.25, 0.3) is 5.91 Å². The van der Waals surface area contributed by atoms with Crippen LogP contribution in [-0.4, -0.2) is 20.9 Å². The molecule has 2 rings (SSSR count). The first kappa shape index (κ1) is 16.7. The van der Waals surface area contributed by atoms with Crippen LogP contribution in [0.25, 0.3) is 0 Å². The molecule has 6 nitrogen and oxygen atoms in total. The number of nitrogens with one attached hydrogen (secondary N) is 2. The van der Waals surface area contributed by atoms with Gasteiger partial charge in [-0.25, -0.2) is 19.0 Å². The van der Waals surface area contributed by atoms with Gasteiger partial charge in [-0.1, -0.05) is 17.7 Å². The number of amides is 1. The van der Waals surface area contributed by atoms with Crippen LogP contribution in [-0.2, 0) is 10.0 Å². The minimum absolute atomic E-state index is 0.0613. The Balaban J connectivity index is 2.00. The lowest BCUT2D eigenvalue weighted by Gasteiger charge is -2.13. The molecule has 1 aromatic rings. The van der Waals surface area contributed by atoms with E-state index in [4.69, 9.17) is 5.84 Å². The molecule has 22 heavy (non-hydrogen) atoms. The second kappa shape index (κ2) is 7.53. The molecule has 0 aromatic heterocycles. The topological polar surface area (TPSA) is 101 Å². The van der Waals surface area contributed by atoms with Gasteiger partial charge < -0.3 is 0 Å². The second-order valence-electron chi connectivity index (χ2n) is 5.26. The highest BCUT2D eigenvalue weighted by Crippen LogP contribution is 2.20. The number of allylic oxidation sites excluding steroid dienone is 1. The first-order valence-electron chi connectivity index (χ1n) is 7.31. The largest absolute Gasteiger partial charge is 0.290 e. The molecule has 0 saturated heterocycles. The number of carbonyl (C=O) groups excluding carboxylic acids is 1. The van der Waals surface area contributed by atoms with Gasteiger partial charge in [-0.2, -0.15) is 0 Å². The average molecular weight is 323 g/mol. The van der Waals surface area contributed by atoms with Crippen LogP contribution in [0.15, 0.2) is 40.8 Å². The number of hydrogen-bond donors (Lipinski definition) is 3. The summed E-state index contributed by atoms with van der Waals surface area (Å²) in [5.74, 6) is 4.53. The van der Waals surface area contributed by atoms with Crippen LogP contribution in [0.3, 0.4) is 0 Å². The molecule has 0 bridgehead atoms. The summed E-state index contributed by atoms with van der Waals surface area (Å²) in [7, 11) is -3.62. The molecule has 0 unspecified atom stereocenters. The Kier molecular flexibility index (Phi) is 5.70. The average Bonchev–Trinajstić information content (AvgIpc) is 2.55. The maximum atomic E-state index is 12.2. The third-order valence-electron chi connectivity index (χ3n) is 3.66. The summed E-state index contributed by atoms with van der Waals surface area (Å²) in [5.41, 5.74) is 3.50. The SMILES string of the molecule is NNC(=O)c1cccc(S(=O)(=O)NCCC2=CCCCC2)c1. The number of hydrazine groups is 1. The molecule has 4 N–H and O–H groups in total. The minimum Gasteiger partial charge on any atom is -0.290 e. The number of rotatable bonds is 6. The van der Waals surface area contributed by atoms with Gasteiger partial charge >= 0.3 is 0 Å². The maximum Gasteiger partial charge on any atom is 0.265 e. The Morgan fingerprint density at radius 3 is 2.77 bits per heavy atom. The summed E-state index contributed by atoms with van der Waals surface area (Å²) in [5, 5.41) is 0.